The summed E-state index contributed by atoms with van der Waals surface area (Å²) in [4.78, 5) is 4.80. The molecule has 0 bridgehead atoms. The van der Waals surface area contributed by atoms with Gasteiger partial charge in [0.25, 0.3) is 0 Å². The molecule has 1 aliphatic rings. The first kappa shape index (κ1) is 16.3. The fourth-order valence-electron chi connectivity index (χ4n) is 3.28. The van der Waals surface area contributed by atoms with E-state index in [1.807, 2.05) is 17.0 Å². The van der Waals surface area contributed by atoms with Gasteiger partial charge in [-0.2, -0.15) is 10.4 Å². The number of allylic oxidation sites excluding steroid dienone is 2. The van der Waals surface area contributed by atoms with Crippen molar-refractivity contribution < 1.29 is 0 Å². The van der Waals surface area contributed by atoms with E-state index in [-0.39, 0.29) is 0 Å². The highest BCUT2D eigenvalue weighted by atomic mass is 15.3. The number of aromatic nitrogens is 3. The number of nitrogens with one attached hydrogen (secondary N) is 1. The zero-order valence-electron chi connectivity index (χ0n) is 14.7. The molecule has 0 amide bonds. The van der Waals surface area contributed by atoms with E-state index in [1.54, 1.807) is 0 Å². The lowest BCUT2D eigenvalue weighted by Crippen LogP contribution is -2.07. The van der Waals surface area contributed by atoms with E-state index in [4.69, 9.17) is 4.98 Å². The second-order valence-corrected chi connectivity index (χ2v) is 6.42. The Morgan fingerprint density at radius 2 is 2.21 bits per heavy atom. The van der Waals surface area contributed by atoms with Gasteiger partial charge >= 0.3 is 0 Å². The molecule has 2 aromatic rings. The number of rotatable bonds is 5. The molecule has 0 aliphatic heterocycles. The third-order valence-electron chi connectivity index (χ3n) is 4.41. The third-order valence-corrected chi connectivity index (χ3v) is 4.41. The van der Waals surface area contributed by atoms with Gasteiger partial charge in [0.05, 0.1) is 23.5 Å². The predicted octanol–water partition coefficient (Wildman–Crippen LogP) is 3.65. The molecular formula is C19H23N5. The zero-order valence-corrected chi connectivity index (χ0v) is 14.7. The van der Waals surface area contributed by atoms with Gasteiger partial charge in [-0.25, -0.2) is 0 Å². The second kappa shape index (κ2) is 6.48. The molecule has 3 rings (SSSR count). The smallest absolute Gasteiger partial charge is 0.0996 e. The summed E-state index contributed by atoms with van der Waals surface area (Å²) in [6.45, 7) is 9.26. The Morgan fingerprint density at radius 3 is 2.83 bits per heavy atom. The Hall–Kier alpha value is -2.61. The van der Waals surface area contributed by atoms with Crippen molar-refractivity contribution in [3.63, 3.8) is 0 Å². The van der Waals surface area contributed by atoms with Gasteiger partial charge in [0.15, 0.2) is 0 Å². The van der Waals surface area contributed by atoms with E-state index in [9.17, 15) is 5.26 Å². The van der Waals surface area contributed by atoms with Gasteiger partial charge in [0.1, 0.15) is 0 Å². The summed E-state index contributed by atoms with van der Waals surface area (Å²) in [5.74, 6) is 0. The minimum absolute atomic E-state index is 0.353. The molecule has 124 valence electrons. The van der Waals surface area contributed by atoms with Crippen LogP contribution in [0.2, 0.25) is 0 Å². The summed E-state index contributed by atoms with van der Waals surface area (Å²) in [6.07, 6.45) is 5.39. The van der Waals surface area contributed by atoms with Crippen molar-refractivity contribution in [2.45, 2.75) is 46.6 Å². The molecule has 0 saturated heterocycles. The lowest BCUT2D eigenvalue weighted by molar-refractivity contribution is 0.518. The van der Waals surface area contributed by atoms with Gasteiger partial charge in [-0.15, -0.1) is 0 Å². The zero-order chi connectivity index (χ0) is 17.3. The maximum atomic E-state index is 9.32. The van der Waals surface area contributed by atoms with Crippen LogP contribution in [0.15, 0.2) is 18.3 Å². The molecule has 0 spiro atoms. The highest BCUT2D eigenvalue weighted by Gasteiger charge is 2.21. The van der Waals surface area contributed by atoms with Crippen LogP contribution in [-0.2, 0) is 12.8 Å². The van der Waals surface area contributed by atoms with Crippen LogP contribution in [0.3, 0.4) is 0 Å². The average molecular weight is 321 g/mol. The van der Waals surface area contributed by atoms with Crippen molar-refractivity contribution in [3.05, 3.63) is 46.5 Å². The maximum absolute atomic E-state index is 9.32. The monoisotopic (exact) mass is 321 g/mol. The minimum Gasteiger partial charge on any atom is -0.385 e. The Balaban J connectivity index is 1.96. The number of fused-ring (bicyclic) bond motifs is 1. The summed E-state index contributed by atoms with van der Waals surface area (Å²) in [5.41, 5.74) is 7.11. The van der Waals surface area contributed by atoms with Gasteiger partial charge in [-0.3, -0.25) is 9.67 Å². The molecule has 0 fully saturated rings. The van der Waals surface area contributed by atoms with Crippen LogP contribution in [-0.4, -0.2) is 21.3 Å². The predicted molar refractivity (Wildman–Crippen MR) is 95.8 cm³/mol. The fraction of sp³-hybridized carbons (Fsp3) is 0.421. The van der Waals surface area contributed by atoms with Crippen molar-refractivity contribution in [2.24, 2.45) is 0 Å². The molecule has 0 saturated carbocycles. The third kappa shape index (κ3) is 2.80. The van der Waals surface area contributed by atoms with Crippen molar-refractivity contribution in [1.82, 2.24) is 14.8 Å². The lowest BCUT2D eigenvalue weighted by Gasteiger charge is -2.13. The summed E-state index contributed by atoms with van der Waals surface area (Å²) < 4.78 is 2.04. The van der Waals surface area contributed by atoms with Crippen LogP contribution in [0.4, 0.5) is 5.69 Å². The van der Waals surface area contributed by atoms with Crippen molar-refractivity contribution in [3.8, 4) is 6.07 Å². The first-order valence-corrected chi connectivity index (χ1v) is 8.45. The van der Waals surface area contributed by atoms with Crippen molar-refractivity contribution >= 4 is 11.3 Å². The van der Waals surface area contributed by atoms with Crippen molar-refractivity contribution in [1.29, 1.82) is 5.26 Å². The standard InChI is InChI=1S/C19H23N5/c1-5-21-18-9-16(23-17-7-6-14(10-20)19(17)18)8-15-11-22-24(12(2)3)13(15)4/h6,9,11-12H,5,7-8H2,1-4H3,(H,21,23). The fourth-order valence-corrected chi connectivity index (χ4v) is 3.28. The van der Waals surface area contributed by atoms with Crippen molar-refractivity contribution in [2.75, 3.05) is 11.9 Å². The van der Waals surface area contributed by atoms with E-state index in [0.29, 0.717) is 6.04 Å². The number of pyridine rings is 1. The highest BCUT2D eigenvalue weighted by molar-refractivity contribution is 5.88. The molecule has 0 radical (unpaired) electrons. The number of nitrogens with zero attached hydrogens (tertiary/aromatic N) is 4. The number of hydrogen-bond acceptors (Lipinski definition) is 4. The van der Waals surface area contributed by atoms with E-state index in [2.05, 4.69) is 50.2 Å². The molecular weight excluding hydrogens is 298 g/mol. The summed E-state index contributed by atoms with van der Waals surface area (Å²) in [6, 6.07) is 4.71. The number of nitriles is 1. The Kier molecular flexibility index (Phi) is 4.39. The molecule has 5 nitrogen and oxygen atoms in total. The van der Waals surface area contributed by atoms with Crippen LogP contribution >= 0.6 is 0 Å². The molecule has 2 heterocycles. The first-order valence-electron chi connectivity index (χ1n) is 8.45. The van der Waals surface area contributed by atoms with Crippen LogP contribution < -0.4 is 5.32 Å². The minimum atomic E-state index is 0.353. The average Bonchev–Trinajstić information content (AvgIpc) is 3.12. The highest BCUT2D eigenvalue weighted by Crippen LogP contribution is 2.33. The Bertz CT molecular complexity index is 836. The van der Waals surface area contributed by atoms with E-state index in [0.717, 1.165) is 47.6 Å². The molecule has 2 aromatic heterocycles. The van der Waals surface area contributed by atoms with Crippen LogP contribution in [0.25, 0.3) is 5.57 Å². The normalized spacial score (nSPS) is 12.9. The summed E-state index contributed by atoms with van der Waals surface area (Å²) in [5, 5.41) is 17.2. The van der Waals surface area contributed by atoms with E-state index in [1.165, 1.54) is 11.3 Å². The van der Waals surface area contributed by atoms with Gasteiger partial charge in [0, 0.05) is 48.1 Å². The quantitative estimate of drug-likeness (QED) is 0.913. The first-order chi connectivity index (χ1) is 11.5. The van der Waals surface area contributed by atoms with E-state index >= 15 is 0 Å². The lowest BCUT2D eigenvalue weighted by atomic mass is 10.0. The van der Waals surface area contributed by atoms with Crippen LogP contribution in [0, 0.1) is 18.3 Å². The maximum Gasteiger partial charge on any atom is 0.0996 e. The van der Waals surface area contributed by atoms with Crippen LogP contribution in [0.5, 0.6) is 0 Å². The topological polar surface area (TPSA) is 66.5 Å². The van der Waals surface area contributed by atoms with Gasteiger partial charge in [-0.05, 0) is 39.3 Å². The largest absolute Gasteiger partial charge is 0.385 e. The number of hydrogen-bond donors (Lipinski definition) is 1. The van der Waals surface area contributed by atoms with E-state index < -0.39 is 0 Å². The molecule has 24 heavy (non-hydrogen) atoms. The summed E-state index contributed by atoms with van der Waals surface area (Å²) in [7, 11) is 0. The number of anilines is 1. The van der Waals surface area contributed by atoms with Gasteiger partial charge < -0.3 is 5.32 Å². The Labute approximate surface area is 143 Å². The van der Waals surface area contributed by atoms with Gasteiger partial charge in [-0.1, -0.05) is 6.08 Å². The molecule has 5 heteroatoms. The second-order valence-electron chi connectivity index (χ2n) is 6.42. The molecule has 1 aliphatic carbocycles. The van der Waals surface area contributed by atoms with Gasteiger partial charge in [0.2, 0.25) is 0 Å². The molecule has 0 unspecified atom stereocenters. The Morgan fingerprint density at radius 1 is 1.42 bits per heavy atom. The molecule has 1 N–H and O–H groups in total. The molecule has 0 aromatic carbocycles. The van der Waals surface area contributed by atoms with Crippen LogP contribution in [0.1, 0.15) is 55.0 Å². The summed E-state index contributed by atoms with van der Waals surface area (Å²) >= 11 is 0. The SMILES string of the molecule is CCNc1cc(Cc2cnn(C(C)C)c2C)nc2c1C(C#N)=CC2. The molecule has 0 atom stereocenters.